The molecule has 1 fully saturated rings. The molecule has 0 saturated carbocycles. The van der Waals surface area contributed by atoms with Gasteiger partial charge < -0.3 is 15.0 Å². The third kappa shape index (κ3) is 3.28. The van der Waals surface area contributed by atoms with Crippen LogP contribution in [0.1, 0.15) is 0 Å². The summed E-state index contributed by atoms with van der Waals surface area (Å²) in [5.41, 5.74) is 1.64. The molecular weight excluding hydrogens is 275 g/mol. The maximum Gasteiger partial charge on any atom is 0.239 e. The van der Waals surface area contributed by atoms with Crippen LogP contribution in [0.2, 0.25) is 5.02 Å². The number of hydrogen-bond acceptors (Lipinski definition) is 3. The Morgan fingerprint density at radius 1 is 1.39 bits per heavy atom. The molecule has 1 amide bonds. The Balaban J connectivity index is 2.24. The van der Waals surface area contributed by atoms with Crippen LogP contribution in [0.4, 0.5) is 11.4 Å². The predicted octanol–water partition coefficient (Wildman–Crippen LogP) is 2.35. The van der Waals surface area contributed by atoms with Gasteiger partial charge in [-0.3, -0.25) is 4.79 Å². The van der Waals surface area contributed by atoms with Crippen LogP contribution >= 0.6 is 23.2 Å². The minimum Gasteiger partial charge on any atom is -0.378 e. The van der Waals surface area contributed by atoms with Crippen molar-refractivity contribution in [2.24, 2.45) is 0 Å². The number of nitrogens with one attached hydrogen (secondary N) is 1. The first kappa shape index (κ1) is 13.5. The number of rotatable bonds is 3. The molecule has 0 radical (unpaired) electrons. The number of morpholine rings is 1. The van der Waals surface area contributed by atoms with E-state index in [4.69, 9.17) is 27.9 Å². The highest BCUT2D eigenvalue weighted by atomic mass is 35.5. The van der Waals surface area contributed by atoms with Crippen LogP contribution in [0, 0.1) is 0 Å². The Labute approximate surface area is 116 Å². The largest absolute Gasteiger partial charge is 0.378 e. The molecule has 18 heavy (non-hydrogen) atoms. The molecule has 0 atom stereocenters. The monoisotopic (exact) mass is 288 g/mol. The SMILES string of the molecule is O=C(CCl)Nc1cc(Cl)ccc1N1CCOCC1. The highest BCUT2D eigenvalue weighted by Crippen LogP contribution is 2.29. The smallest absolute Gasteiger partial charge is 0.239 e. The van der Waals surface area contributed by atoms with E-state index in [0.29, 0.717) is 23.9 Å². The van der Waals surface area contributed by atoms with Gasteiger partial charge in [-0.15, -0.1) is 11.6 Å². The van der Waals surface area contributed by atoms with Crippen LogP contribution in [0.15, 0.2) is 18.2 Å². The van der Waals surface area contributed by atoms with Crippen LogP contribution in [-0.2, 0) is 9.53 Å². The first-order valence-electron chi connectivity index (χ1n) is 5.69. The second-order valence-corrected chi connectivity index (χ2v) is 4.65. The fourth-order valence-corrected chi connectivity index (χ4v) is 2.11. The zero-order chi connectivity index (χ0) is 13.0. The van der Waals surface area contributed by atoms with Gasteiger partial charge in [0.25, 0.3) is 0 Å². The summed E-state index contributed by atoms with van der Waals surface area (Å²) in [5.74, 6) is -0.317. The number of carbonyl (C=O) groups is 1. The third-order valence-electron chi connectivity index (χ3n) is 2.71. The molecule has 98 valence electrons. The summed E-state index contributed by atoms with van der Waals surface area (Å²) < 4.78 is 5.31. The molecule has 0 aliphatic carbocycles. The molecule has 2 rings (SSSR count). The fourth-order valence-electron chi connectivity index (χ4n) is 1.87. The maximum absolute atomic E-state index is 11.4. The van der Waals surface area contributed by atoms with E-state index < -0.39 is 0 Å². The zero-order valence-electron chi connectivity index (χ0n) is 9.79. The van der Waals surface area contributed by atoms with Crippen molar-refractivity contribution < 1.29 is 9.53 Å². The first-order chi connectivity index (χ1) is 8.70. The normalized spacial score (nSPS) is 15.6. The molecule has 0 bridgehead atoms. The average molecular weight is 289 g/mol. The molecule has 0 unspecified atom stereocenters. The van der Waals surface area contributed by atoms with Gasteiger partial charge in [-0.1, -0.05) is 11.6 Å². The standard InChI is InChI=1S/C12H14Cl2N2O2/c13-8-12(17)15-10-7-9(14)1-2-11(10)16-3-5-18-6-4-16/h1-2,7H,3-6,8H2,(H,15,17). The Bertz CT molecular complexity index is 434. The fraction of sp³-hybridized carbons (Fsp3) is 0.417. The molecule has 6 heteroatoms. The summed E-state index contributed by atoms with van der Waals surface area (Å²) in [7, 11) is 0. The number of hydrogen-bond donors (Lipinski definition) is 1. The quantitative estimate of drug-likeness (QED) is 0.868. The van der Waals surface area contributed by atoms with Gasteiger partial charge in [0.1, 0.15) is 5.88 Å². The number of anilines is 2. The van der Waals surface area contributed by atoms with E-state index in [-0.39, 0.29) is 11.8 Å². The molecule has 0 aromatic heterocycles. The van der Waals surface area contributed by atoms with Gasteiger partial charge in [0.05, 0.1) is 24.6 Å². The molecule has 1 aromatic rings. The van der Waals surface area contributed by atoms with Gasteiger partial charge in [0.15, 0.2) is 0 Å². The van der Waals surface area contributed by atoms with Crippen molar-refractivity contribution in [2.45, 2.75) is 0 Å². The Hall–Kier alpha value is -0.970. The number of ether oxygens (including phenoxy) is 1. The van der Waals surface area contributed by atoms with Crippen LogP contribution in [0.3, 0.4) is 0 Å². The molecule has 1 aliphatic rings. The lowest BCUT2D eigenvalue weighted by Crippen LogP contribution is -2.36. The Morgan fingerprint density at radius 2 is 2.11 bits per heavy atom. The van der Waals surface area contributed by atoms with E-state index in [1.54, 1.807) is 6.07 Å². The third-order valence-corrected chi connectivity index (χ3v) is 3.18. The lowest BCUT2D eigenvalue weighted by Gasteiger charge is -2.30. The highest BCUT2D eigenvalue weighted by molar-refractivity contribution is 6.31. The lowest BCUT2D eigenvalue weighted by atomic mass is 10.2. The summed E-state index contributed by atoms with van der Waals surface area (Å²) >= 11 is 11.5. The van der Waals surface area contributed by atoms with E-state index in [9.17, 15) is 4.79 Å². The van der Waals surface area contributed by atoms with E-state index in [2.05, 4.69) is 10.2 Å². The molecule has 1 aliphatic heterocycles. The predicted molar refractivity (Wildman–Crippen MR) is 73.8 cm³/mol. The average Bonchev–Trinajstić information content (AvgIpc) is 2.40. The zero-order valence-corrected chi connectivity index (χ0v) is 11.3. The summed E-state index contributed by atoms with van der Waals surface area (Å²) in [4.78, 5) is 13.6. The molecule has 1 saturated heterocycles. The minimum atomic E-state index is -0.242. The van der Waals surface area contributed by atoms with E-state index in [0.717, 1.165) is 18.8 Å². The topological polar surface area (TPSA) is 41.6 Å². The molecule has 1 heterocycles. The van der Waals surface area contributed by atoms with Gasteiger partial charge in [-0.25, -0.2) is 0 Å². The number of amides is 1. The highest BCUT2D eigenvalue weighted by Gasteiger charge is 2.16. The minimum absolute atomic E-state index is 0.0743. The maximum atomic E-state index is 11.4. The van der Waals surface area contributed by atoms with Gasteiger partial charge in [-0.05, 0) is 18.2 Å². The Morgan fingerprint density at radius 3 is 2.78 bits per heavy atom. The van der Waals surface area contributed by atoms with Crippen molar-refractivity contribution in [1.82, 2.24) is 0 Å². The molecule has 1 aromatic carbocycles. The van der Waals surface area contributed by atoms with Crippen molar-refractivity contribution in [3.05, 3.63) is 23.2 Å². The number of halogens is 2. The number of nitrogens with zero attached hydrogens (tertiary/aromatic N) is 1. The van der Waals surface area contributed by atoms with Crippen molar-refractivity contribution >= 4 is 40.5 Å². The lowest BCUT2D eigenvalue weighted by molar-refractivity contribution is -0.113. The first-order valence-corrected chi connectivity index (χ1v) is 6.60. The second kappa shape index (κ2) is 6.27. The van der Waals surface area contributed by atoms with Crippen LogP contribution in [-0.4, -0.2) is 38.1 Å². The summed E-state index contributed by atoms with van der Waals surface area (Å²) in [5, 5.41) is 3.34. The van der Waals surface area contributed by atoms with Crippen LogP contribution < -0.4 is 10.2 Å². The second-order valence-electron chi connectivity index (χ2n) is 3.94. The molecule has 1 N–H and O–H groups in total. The number of benzene rings is 1. The summed E-state index contributed by atoms with van der Waals surface area (Å²) in [6, 6.07) is 5.44. The van der Waals surface area contributed by atoms with E-state index in [1.165, 1.54) is 0 Å². The van der Waals surface area contributed by atoms with Crippen molar-refractivity contribution in [1.29, 1.82) is 0 Å². The van der Waals surface area contributed by atoms with E-state index in [1.807, 2.05) is 12.1 Å². The van der Waals surface area contributed by atoms with Gasteiger partial charge in [0, 0.05) is 18.1 Å². The van der Waals surface area contributed by atoms with Crippen LogP contribution in [0.5, 0.6) is 0 Å². The molecular formula is C12H14Cl2N2O2. The molecule has 0 spiro atoms. The van der Waals surface area contributed by atoms with Crippen molar-refractivity contribution in [2.75, 3.05) is 42.4 Å². The number of carbonyl (C=O) groups excluding carboxylic acids is 1. The summed E-state index contributed by atoms with van der Waals surface area (Å²) in [6.45, 7) is 2.97. The molecule has 4 nitrogen and oxygen atoms in total. The van der Waals surface area contributed by atoms with Gasteiger partial charge in [0.2, 0.25) is 5.91 Å². The van der Waals surface area contributed by atoms with E-state index >= 15 is 0 Å². The van der Waals surface area contributed by atoms with Gasteiger partial charge >= 0.3 is 0 Å². The number of alkyl halides is 1. The van der Waals surface area contributed by atoms with Crippen molar-refractivity contribution in [3.63, 3.8) is 0 Å². The van der Waals surface area contributed by atoms with Gasteiger partial charge in [-0.2, -0.15) is 0 Å². The summed E-state index contributed by atoms with van der Waals surface area (Å²) in [6.07, 6.45) is 0. The van der Waals surface area contributed by atoms with Crippen LogP contribution in [0.25, 0.3) is 0 Å². The van der Waals surface area contributed by atoms with Crippen molar-refractivity contribution in [3.8, 4) is 0 Å². The Kier molecular flexibility index (Phi) is 4.69.